The van der Waals surface area contributed by atoms with Crippen LogP contribution in [0.4, 0.5) is 0 Å². The van der Waals surface area contributed by atoms with Crippen LogP contribution in [0.1, 0.15) is 40.9 Å². The molecular formula is C17H22N2. The first-order valence-electron chi connectivity index (χ1n) is 6.79. The Labute approximate surface area is 115 Å². The minimum absolute atomic E-state index is 0.266. The van der Waals surface area contributed by atoms with Crippen LogP contribution in [0.2, 0.25) is 0 Å². The van der Waals surface area contributed by atoms with E-state index in [9.17, 15) is 0 Å². The van der Waals surface area contributed by atoms with Crippen molar-refractivity contribution < 1.29 is 0 Å². The van der Waals surface area contributed by atoms with Crippen LogP contribution in [0, 0.1) is 20.8 Å². The number of aryl methyl sites for hydroxylation is 3. The molecule has 0 saturated carbocycles. The number of nitrogens with one attached hydrogen (secondary N) is 1. The molecule has 100 valence electrons. The second-order valence-corrected chi connectivity index (χ2v) is 5.22. The summed E-state index contributed by atoms with van der Waals surface area (Å²) in [6.45, 7) is 9.54. The molecule has 2 rings (SSSR count). The van der Waals surface area contributed by atoms with Gasteiger partial charge in [0.1, 0.15) is 0 Å². The maximum Gasteiger partial charge on any atom is 0.0570 e. The van der Waals surface area contributed by atoms with Gasteiger partial charge in [-0.1, -0.05) is 18.2 Å². The van der Waals surface area contributed by atoms with E-state index in [0.717, 1.165) is 12.2 Å². The van der Waals surface area contributed by atoms with Gasteiger partial charge >= 0.3 is 0 Å². The van der Waals surface area contributed by atoms with Gasteiger partial charge in [0.05, 0.1) is 5.69 Å². The quantitative estimate of drug-likeness (QED) is 0.896. The van der Waals surface area contributed by atoms with Crippen molar-refractivity contribution in [2.45, 2.75) is 40.3 Å². The van der Waals surface area contributed by atoms with Gasteiger partial charge in [0.25, 0.3) is 0 Å². The Morgan fingerprint density at radius 3 is 2.47 bits per heavy atom. The first kappa shape index (κ1) is 13.8. The average molecular weight is 254 g/mol. The predicted molar refractivity (Wildman–Crippen MR) is 80.1 cm³/mol. The number of benzene rings is 1. The Balaban J connectivity index is 2.05. The number of rotatable bonds is 4. The van der Waals surface area contributed by atoms with E-state index in [2.05, 4.69) is 56.2 Å². The number of hydrogen-bond donors (Lipinski definition) is 1. The fraction of sp³-hybridized carbons (Fsp3) is 0.353. The highest BCUT2D eigenvalue weighted by atomic mass is 14.9. The third kappa shape index (κ3) is 3.42. The van der Waals surface area contributed by atoms with E-state index in [1.807, 2.05) is 18.3 Å². The van der Waals surface area contributed by atoms with E-state index >= 15 is 0 Å². The molecule has 1 heterocycles. The van der Waals surface area contributed by atoms with Crippen LogP contribution in [-0.4, -0.2) is 4.98 Å². The summed E-state index contributed by atoms with van der Waals surface area (Å²) in [7, 11) is 0. The van der Waals surface area contributed by atoms with Crippen LogP contribution in [-0.2, 0) is 6.54 Å². The molecule has 2 heteroatoms. The minimum Gasteiger partial charge on any atom is -0.305 e. The van der Waals surface area contributed by atoms with E-state index in [1.54, 1.807) is 0 Å². The molecular weight excluding hydrogens is 232 g/mol. The summed E-state index contributed by atoms with van der Waals surface area (Å²) < 4.78 is 0. The molecule has 1 aromatic heterocycles. The fourth-order valence-corrected chi connectivity index (χ4v) is 2.21. The van der Waals surface area contributed by atoms with Gasteiger partial charge in [-0.15, -0.1) is 0 Å². The molecule has 0 radical (unpaired) electrons. The number of aromatic nitrogens is 1. The molecule has 0 saturated heterocycles. The second kappa shape index (κ2) is 5.98. The number of pyridine rings is 1. The highest BCUT2D eigenvalue weighted by Crippen LogP contribution is 2.16. The maximum atomic E-state index is 4.38. The van der Waals surface area contributed by atoms with Gasteiger partial charge in [-0.2, -0.15) is 0 Å². The molecule has 1 aromatic carbocycles. The average Bonchev–Trinajstić information content (AvgIpc) is 2.42. The normalized spacial score (nSPS) is 12.4. The van der Waals surface area contributed by atoms with Crippen molar-refractivity contribution in [3.8, 4) is 0 Å². The van der Waals surface area contributed by atoms with E-state index in [0.29, 0.717) is 0 Å². The smallest absolute Gasteiger partial charge is 0.0570 e. The SMILES string of the molecule is Cc1cc(C)c(CN[C@H](C)c2ccccn2)cc1C. The first-order chi connectivity index (χ1) is 9.08. The third-order valence-electron chi connectivity index (χ3n) is 3.68. The van der Waals surface area contributed by atoms with Crippen LogP contribution < -0.4 is 5.32 Å². The molecule has 0 unspecified atom stereocenters. The Morgan fingerprint density at radius 2 is 1.79 bits per heavy atom. The lowest BCUT2D eigenvalue weighted by Gasteiger charge is -2.15. The molecule has 0 bridgehead atoms. The summed E-state index contributed by atoms with van der Waals surface area (Å²) in [6.07, 6.45) is 1.84. The van der Waals surface area contributed by atoms with E-state index < -0.39 is 0 Å². The summed E-state index contributed by atoms with van der Waals surface area (Å²) in [4.78, 5) is 4.38. The second-order valence-electron chi connectivity index (χ2n) is 5.22. The predicted octanol–water partition coefficient (Wildman–Crippen LogP) is 3.86. The summed E-state index contributed by atoms with van der Waals surface area (Å²) in [5.41, 5.74) is 6.52. The van der Waals surface area contributed by atoms with Crippen LogP contribution in [0.15, 0.2) is 36.5 Å². The standard InChI is InChI=1S/C17H22N2/c1-12-9-14(3)16(10-13(12)2)11-19-15(4)17-7-5-6-8-18-17/h5-10,15,19H,11H2,1-4H3/t15-/m1/s1. The van der Waals surface area contributed by atoms with Crippen molar-refractivity contribution in [2.75, 3.05) is 0 Å². The van der Waals surface area contributed by atoms with Gasteiger partial charge < -0.3 is 5.32 Å². The van der Waals surface area contributed by atoms with E-state index in [4.69, 9.17) is 0 Å². The first-order valence-corrected chi connectivity index (χ1v) is 6.79. The molecule has 19 heavy (non-hydrogen) atoms. The van der Waals surface area contributed by atoms with E-state index in [1.165, 1.54) is 22.3 Å². The monoisotopic (exact) mass is 254 g/mol. The molecule has 0 amide bonds. The van der Waals surface area contributed by atoms with Gasteiger partial charge in [0, 0.05) is 18.8 Å². The fourth-order valence-electron chi connectivity index (χ4n) is 2.21. The van der Waals surface area contributed by atoms with Gasteiger partial charge in [-0.05, 0) is 62.1 Å². The zero-order chi connectivity index (χ0) is 13.8. The third-order valence-corrected chi connectivity index (χ3v) is 3.68. The largest absolute Gasteiger partial charge is 0.305 e. The lowest BCUT2D eigenvalue weighted by molar-refractivity contribution is 0.560. The highest BCUT2D eigenvalue weighted by molar-refractivity contribution is 5.36. The van der Waals surface area contributed by atoms with Crippen molar-refractivity contribution >= 4 is 0 Å². The molecule has 1 atom stereocenters. The molecule has 0 aliphatic rings. The molecule has 2 aromatic rings. The van der Waals surface area contributed by atoms with Crippen LogP contribution in [0.5, 0.6) is 0 Å². The summed E-state index contributed by atoms with van der Waals surface area (Å²) in [5.74, 6) is 0. The van der Waals surface area contributed by atoms with Gasteiger partial charge in [0.15, 0.2) is 0 Å². The summed E-state index contributed by atoms with van der Waals surface area (Å²) >= 11 is 0. The molecule has 0 fully saturated rings. The Bertz CT molecular complexity index is 547. The molecule has 0 aliphatic carbocycles. The van der Waals surface area contributed by atoms with E-state index in [-0.39, 0.29) is 6.04 Å². The van der Waals surface area contributed by atoms with Crippen molar-refractivity contribution in [3.63, 3.8) is 0 Å². The number of hydrogen-bond acceptors (Lipinski definition) is 2. The molecule has 0 spiro atoms. The lowest BCUT2D eigenvalue weighted by atomic mass is 10.0. The molecule has 1 N–H and O–H groups in total. The maximum absolute atomic E-state index is 4.38. The molecule has 0 aliphatic heterocycles. The zero-order valence-corrected chi connectivity index (χ0v) is 12.2. The zero-order valence-electron chi connectivity index (χ0n) is 12.2. The van der Waals surface area contributed by atoms with Crippen molar-refractivity contribution in [1.29, 1.82) is 0 Å². The van der Waals surface area contributed by atoms with Crippen molar-refractivity contribution in [2.24, 2.45) is 0 Å². The Morgan fingerprint density at radius 1 is 1.05 bits per heavy atom. The molecule has 2 nitrogen and oxygen atoms in total. The lowest BCUT2D eigenvalue weighted by Crippen LogP contribution is -2.19. The van der Waals surface area contributed by atoms with Crippen LogP contribution in [0.25, 0.3) is 0 Å². The topological polar surface area (TPSA) is 24.9 Å². The Hall–Kier alpha value is -1.67. The van der Waals surface area contributed by atoms with Crippen molar-refractivity contribution in [3.05, 3.63) is 64.5 Å². The summed E-state index contributed by atoms with van der Waals surface area (Å²) in [5, 5.41) is 3.54. The van der Waals surface area contributed by atoms with Gasteiger partial charge in [-0.3, -0.25) is 4.98 Å². The highest BCUT2D eigenvalue weighted by Gasteiger charge is 2.07. The van der Waals surface area contributed by atoms with Crippen LogP contribution in [0.3, 0.4) is 0 Å². The van der Waals surface area contributed by atoms with Gasteiger partial charge in [0.2, 0.25) is 0 Å². The van der Waals surface area contributed by atoms with Crippen LogP contribution >= 0.6 is 0 Å². The Kier molecular flexibility index (Phi) is 4.33. The van der Waals surface area contributed by atoms with Crippen molar-refractivity contribution in [1.82, 2.24) is 10.3 Å². The number of nitrogens with zero attached hydrogens (tertiary/aromatic N) is 1. The minimum atomic E-state index is 0.266. The van der Waals surface area contributed by atoms with Gasteiger partial charge in [-0.25, -0.2) is 0 Å². The summed E-state index contributed by atoms with van der Waals surface area (Å²) in [6, 6.07) is 10.8.